The van der Waals surface area contributed by atoms with Crippen molar-refractivity contribution >= 4 is 0 Å². The highest BCUT2D eigenvalue weighted by Gasteiger charge is 2.23. The van der Waals surface area contributed by atoms with Crippen LogP contribution in [0.2, 0.25) is 0 Å². The number of hydrogen-bond donors (Lipinski definition) is 2. The number of benzene rings is 1. The predicted molar refractivity (Wildman–Crippen MR) is 51.6 cm³/mol. The zero-order valence-electron chi connectivity index (χ0n) is 7.95. The van der Waals surface area contributed by atoms with Gasteiger partial charge in [-0.05, 0) is 13.0 Å². The van der Waals surface area contributed by atoms with Gasteiger partial charge in [0, 0.05) is 5.56 Å². The largest absolute Gasteiger partial charge is 0.496 e. The third kappa shape index (κ3) is 1.99. The first-order valence-corrected chi connectivity index (χ1v) is 4.15. The Bertz CT molecular complexity index is 284. The molecule has 0 spiro atoms. The highest BCUT2D eigenvalue weighted by molar-refractivity contribution is 5.38. The molecule has 0 radical (unpaired) electrons. The number of para-hydroxylation sites is 1. The summed E-state index contributed by atoms with van der Waals surface area (Å²) in [4.78, 5) is 0. The molecule has 0 saturated carbocycles. The minimum Gasteiger partial charge on any atom is -0.496 e. The monoisotopic (exact) mass is 181 g/mol. The van der Waals surface area contributed by atoms with E-state index in [1.807, 2.05) is 24.3 Å². The zero-order chi connectivity index (χ0) is 9.90. The summed E-state index contributed by atoms with van der Waals surface area (Å²) in [6, 6.07) is 7.43. The molecule has 0 aromatic heterocycles. The van der Waals surface area contributed by atoms with Gasteiger partial charge in [0.15, 0.2) is 0 Å². The van der Waals surface area contributed by atoms with Crippen molar-refractivity contribution in [2.24, 2.45) is 5.73 Å². The van der Waals surface area contributed by atoms with E-state index in [1.54, 1.807) is 14.0 Å². The zero-order valence-corrected chi connectivity index (χ0v) is 7.95. The average molecular weight is 181 g/mol. The van der Waals surface area contributed by atoms with Crippen LogP contribution in [0.25, 0.3) is 0 Å². The van der Waals surface area contributed by atoms with Gasteiger partial charge in [-0.2, -0.15) is 0 Å². The predicted octanol–water partition coefficient (Wildman–Crippen LogP) is 0.861. The Morgan fingerprint density at radius 2 is 2.08 bits per heavy atom. The van der Waals surface area contributed by atoms with Crippen LogP contribution in [0.3, 0.4) is 0 Å². The van der Waals surface area contributed by atoms with Crippen LogP contribution in [-0.4, -0.2) is 18.8 Å². The molecule has 0 heterocycles. The molecule has 3 N–H and O–H groups in total. The molecule has 1 rings (SSSR count). The lowest BCUT2D eigenvalue weighted by Crippen LogP contribution is -2.37. The summed E-state index contributed by atoms with van der Waals surface area (Å²) in [5.74, 6) is 0.710. The molecule has 0 fully saturated rings. The van der Waals surface area contributed by atoms with Crippen LogP contribution < -0.4 is 10.5 Å². The quantitative estimate of drug-likeness (QED) is 0.727. The Labute approximate surface area is 78.1 Å². The van der Waals surface area contributed by atoms with Crippen molar-refractivity contribution in [1.82, 2.24) is 0 Å². The number of rotatable bonds is 3. The fraction of sp³-hybridized carbons (Fsp3) is 0.400. The van der Waals surface area contributed by atoms with Crippen LogP contribution in [0.15, 0.2) is 24.3 Å². The molecule has 0 saturated heterocycles. The van der Waals surface area contributed by atoms with Crippen molar-refractivity contribution < 1.29 is 9.84 Å². The van der Waals surface area contributed by atoms with Gasteiger partial charge in [-0.25, -0.2) is 0 Å². The molecule has 72 valence electrons. The molecule has 0 bridgehead atoms. The number of ether oxygens (including phenoxy) is 1. The van der Waals surface area contributed by atoms with Crippen molar-refractivity contribution in [2.45, 2.75) is 12.5 Å². The van der Waals surface area contributed by atoms with E-state index in [2.05, 4.69) is 0 Å². The highest BCUT2D eigenvalue weighted by Crippen LogP contribution is 2.26. The van der Waals surface area contributed by atoms with Gasteiger partial charge in [0.05, 0.1) is 19.3 Å². The van der Waals surface area contributed by atoms with E-state index in [9.17, 15) is 0 Å². The molecule has 0 amide bonds. The third-order valence-corrected chi connectivity index (χ3v) is 2.05. The lowest BCUT2D eigenvalue weighted by molar-refractivity contribution is 0.206. The lowest BCUT2D eigenvalue weighted by atomic mass is 9.93. The fourth-order valence-electron chi connectivity index (χ4n) is 1.20. The second kappa shape index (κ2) is 3.77. The normalized spacial score (nSPS) is 15.1. The van der Waals surface area contributed by atoms with Crippen LogP contribution >= 0.6 is 0 Å². The first kappa shape index (κ1) is 10.0. The van der Waals surface area contributed by atoms with Crippen molar-refractivity contribution in [2.75, 3.05) is 13.7 Å². The van der Waals surface area contributed by atoms with E-state index in [0.29, 0.717) is 5.75 Å². The van der Waals surface area contributed by atoms with E-state index in [0.717, 1.165) is 5.56 Å². The van der Waals surface area contributed by atoms with Crippen molar-refractivity contribution in [1.29, 1.82) is 0 Å². The van der Waals surface area contributed by atoms with E-state index < -0.39 is 5.54 Å². The molecule has 1 aromatic carbocycles. The first-order valence-electron chi connectivity index (χ1n) is 4.15. The summed E-state index contributed by atoms with van der Waals surface area (Å²) in [6.45, 7) is 1.66. The SMILES string of the molecule is COc1ccccc1[C@](C)(N)CO. The average Bonchev–Trinajstić information content (AvgIpc) is 2.18. The van der Waals surface area contributed by atoms with Crippen molar-refractivity contribution in [3.63, 3.8) is 0 Å². The number of methoxy groups -OCH3 is 1. The van der Waals surface area contributed by atoms with Gasteiger partial charge in [0.25, 0.3) is 0 Å². The Balaban J connectivity index is 3.12. The van der Waals surface area contributed by atoms with Crippen LogP contribution in [-0.2, 0) is 5.54 Å². The van der Waals surface area contributed by atoms with Crippen molar-refractivity contribution in [3.8, 4) is 5.75 Å². The second-order valence-electron chi connectivity index (χ2n) is 3.28. The molecule has 3 heteroatoms. The summed E-state index contributed by atoms with van der Waals surface area (Å²) >= 11 is 0. The molecule has 1 atom stereocenters. The number of nitrogens with two attached hydrogens (primary N) is 1. The second-order valence-corrected chi connectivity index (χ2v) is 3.28. The summed E-state index contributed by atoms with van der Waals surface area (Å²) in [5, 5.41) is 9.09. The Morgan fingerprint density at radius 3 is 2.62 bits per heavy atom. The topological polar surface area (TPSA) is 55.5 Å². The van der Waals surface area contributed by atoms with E-state index >= 15 is 0 Å². The molecule has 0 aliphatic heterocycles. The lowest BCUT2D eigenvalue weighted by Gasteiger charge is -2.24. The van der Waals surface area contributed by atoms with Crippen LogP contribution in [0.1, 0.15) is 12.5 Å². The summed E-state index contributed by atoms with van der Waals surface area (Å²) < 4.78 is 5.14. The Kier molecular flexibility index (Phi) is 2.90. The molecule has 0 aliphatic carbocycles. The van der Waals surface area contributed by atoms with Gasteiger partial charge in [-0.15, -0.1) is 0 Å². The fourth-order valence-corrected chi connectivity index (χ4v) is 1.20. The van der Waals surface area contributed by atoms with Crippen molar-refractivity contribution in [3.05, 3.63) is 29.8 Å². The molecule has 3 nitrogen and oxygen atoms in total. The van der Waals surface area contributed by atoms with E-state index in [1.165, 1.54) is 0 Å². The summed E-state index contributed by atoms with van der Waals surface area (Å²) in [5.41, 5.74) is 5.96. The van der Waals surface area contributed by atoms with Crippen LogP contribution in [0.4, 0.5) is 0 Å². The first-order chi connectivity index (χ1) is 6.11. The van der Waals surface area contributed by atoms with Gasteiger partial charge in [0.2, 0.25) is 0 Å². The molecule has 0 unspecified atom stereocenters. The molecule has 13 heavy (non-hydrogen) atoms. The summed E-state index contributed by atoms with van der Waals surface area (Å²) in [7, 11) is 1.59. The third-order valence-electron chi connectivity index (χ3n) is 2.05. The highest BCUT2D eigenvalue weighted by atomic mass is 16.5. The maximum Gasteiger partial charge on any atom is 0.123 e. The maximum absolute atomic E-state index is 9.09. The van der Waals surface area contributed by atoms with Gasteiger partial charge < -0.3 is 15.6 Å². The minimum atomic E-state index is -0.743. The summed E-state index contributed by atoms with van der Waals surface area (Å²) in [6.07, 6.45) is 0. The Morgan fingerprint density at radius 1 is 1.46 bits per heavy atom. The van der Waals surface area contributed by atoms with E-state index in [4.69, 9.17) is 15.6 Å². The minimum absolute atomic E-state index is 0.104. The maximum atomic E-state index is 9.09. The van der Waals surface area contributed by atoms with E-state index in [-0.39, 0.29) is 6.61 Å². The molecule has 0 aliphatic rings. The number of aliphatic hydroxyl groups is 1. The smallest absolute Gasteiger partial charge is 0.123 e. The number of hydrogen-bond acceptors (Lipinski definition) is 3. The standard InChI is InChI=1S/C10H15NO2/c1-10(11,7-12)8-5-3-4-6-9(8)13-2/h3-6,12H,7,11H2,1-2H3/t10-/m1/s1. The van der Waals surface area contributed by atoms with Gasteiger partial charge in [0.1, 0.15) is 5.75 Å². The van der Waals surface area contributed by atoms with Gasteiger partial charge in [-0.3, -0.25) is 0 Å². The van der Waals surface area contributed by atoms with Crippen LogP contribution in [0.5, 0.6) is 5.75 Å². The number of aliphatic hydroxyl groups excluding tert-OH is 1. The van der Waals surface area contributed by atoms with Crippen LogP contribution in [0, 0.1) is 0 Å². The molecular formula is C10H15NO2. The molecular weight excluding hydrogens is 166 g/mol. The van der Waals surface area contributed by atoms with Gasteiger partial charge >= 0.3 is 0 Å². The molecule has 1 aromatic rings. The van der Waals surface area contributed by atoms with Gasteiger partial charge in [-0.1, -0.05) is 18.2 Å². The Hall–Kier alpha value is -1.06.